The minimum atomic E-state index is -0.199. The number of amides is 1. The van der Waals surface area contributed by atoms with Crippen LogP contribution in [0.1, 0.15) is 30.9 Å². The number of aryl methyl sites for hydroxylation is 2. The van der Waals surface area contributed by atoms with Crippen LogP contribution in [0.5, 0.6) is 5.75 Å². The zero-order valence-corrected chi connectivity index (χ0v) is 11.3. The molecule has 0 heterocycles. The number of nitrogens with two attached hydrogens (primary N) is 1. The third-order valence-corrected chi connectivity index (χ3v) is 3.00. The monoisotopic (exact) mass is 250 g/mol. The number of rotatable bonds is 5. The highest BCUT2D eigenvalue weighted by atomic mass is 16.3. The van der Waals surface area contributed by atoms with Crippen LogP contribution in [0, 0.1) is 19.8 Å². The summed E-state index contributed by atoms with van der Waals surface area (Å²) in [5.41, 5.74) is 7.81. The molecule has 100 valence electrons. The van der Waals surface area contributed by atoms with Crippen LogP contribution < -0.4 is 11.1 Å². The molecular formula is C14H22N2O2. The van der Waals surface area contributed by atoms with Gasteiger partial charge in [-0.3, -0.25) is 4.79 Å². The van der Waals surface area contributed by atoms with Crippen molar-refractivity contribution in [1.82, 2.24) is 0 Å². The number of nitrogens with one attached hydrogen (secondary N) is 1. The van der Waals surface area contributed by atoms with E-state index in [1.807, 2.05) is 26.8 Å². The first-order valence-electron chi connectivity index (χ1n) is 6.30. The number of benzene rings is 1. The summed E-state index contributed by atoms with van der Waals surface area (Å²) >= 11 is 0. The molecule has 1 amide bonds. The second-order valence-corrected chi connectivity index (χ2v) is 4.69. The molecule has 0 aromatic heterocycles. The molecule has 1 unspecified atom stereocenters. The molecular weight excluding hydrogens is 228 g/mol. The van der Waals surface area contributed by atoms with Crippen LogP contribution in [0.4, 0.5) is 5.69 Å². The maximum Gasteiger partial charge on any atom is 0.228 e. The van der Waals surface area contributed by atoms with Crippen molar-refractivity contribution in [2.45, 2.75) is 33.6 Å². The summed E-state index contributed by atoms with van der Waals surface area (Å²) in [7, 11) is 0. The van der Waals surface area contributed by atoms with Gasteiger partial charge in [-0.2, -0.15) is 0 Å². The smallest absolute Gasteiger partial charge is 0.228 e. The molecule has 18 heavy (non-hydrogen) atoms. The molecule has 0 spiro atoms. The molecule has 1 aromatic rings. The maximum absolute atomic E-state index is 12.0. The summed E-state index contributed by atoms with van der Waals surface area (Å²) in [5, 5.41) is 12.7. The molecule has 0 aliphatic rings. The van der Waals surface area contributed by atoms with Gasteiger partial charge in [0.15, 0.2) is 0 Å². The van der Waals surface area contributed by atoms with E-state index in [-0.39, 0.29) is 17.6 Å². The first-order valence-corrected chi connectivity index (χ1v) is 6.30. The lowest BCUT2D eigenvalue weighted by atomic mass is 10.0. The molecule has 1 aromatic carbocycles. The second-order valence-electron chi connectivity index (χ2n) is 4.69. The van der Waals surface area contributed by atoms with Crippen molar-refractivity contribution in [3.63, 3.8) is 0 Å². The number of phenolic OH excluding ortho intramolecular Hbond substituents is 1. The molecule has 4 N–H and O–H groups in total. The van der Waals surface area contributed by atoms with E-state index in [2.05, 4.69) is 5.32 Å². The highest BCUT2D eigenvalue weighted by Gasteiger charge is 2.17. The lowest BCUT2D eigenvalue weighted by Gasteiger charge is -2.16. The summed E-state index contributed by atoms with van der Waals surface area (Å²) in [6.45, 7) is 6.08. The Morgan fingerprint density at radius 1 is 1.44 bits per heavy atom. The molecule has 1 atom stereocenters. The van der Waals surface area contributed by atoms with E-state index in [0.717, 1.165) is 24.0 Å². The van der Waals surface area contributed by atoms with Gasteiger partial charge in [0.2, 0.25) is 5.91 Å². The SMILES string of the molecule is CCCC(CN)C(=O)Nc1cc(C)cc(C)c1O. The Kier molecular flexibility index (Phi) is 5.16. The van der Waals surface area contributed by atoms with Crippen LogP contribution in [-0.2, 0) is 4.79 Å². The number of phenols is 1. The zero-order valence-electron chi connectivity index (χ0n) is 11.3. The number of hydrogen-bond acceptors (Lipinski definition) is 3. The van der Waals surface area contributed by atoms with E-state index in [1.54, 1.807) is 6.07 Å². The average molecular weight is 250 g/mol. The molecule has 4 heteroatoms. The fourth-order valence-corrected chi connectivity index (χ4v) is 1.99. The third kappa shape index (κ3) is 3.47. The van der Waals surface area contributed by atoms with E-state index in [1.165, 1.54) is 0 Å². The average Bonchev–Trinajstić information content (AvgIpc) is 2.32. The first-order chi connectivity index (χ1) is 8.49. The minimum absolute atomic E-state index is 0.125. The van der Waals surface area contributed by atoms with Gasteiger partial charge in [-0.05, 0) is 37.5 Å². The number of carbonyl (C=O) groups is 1. The Morgan fingerprint density at radius 3 is 2.67 bits per heavy atom. The van der Waals surface area contributed by atoms with E-state index >= 15 is 0 Å². The van der Waals surface area contributed by atoms with Crippen molar-refractivity contribution >= 4 is 11.6 Å². The quantitative estimate of drug-likeness (QED) is 0.702. The third-order valence-electron chi connectivity index (χ3n) is 3.00. The van der Waals surface area contributed by atoms with Gasteiger partial charge in [0, 0.05) is 6.54 Å². The molecule has 0 aliphatic heterocycles. The van der Waals surface area contributed by atoms with Crippen molar-refractivity contribution in [2.75, 3.05) is 11.9 Å². The van der Waals surface area contributed by atoms with E-state index in [9.17, 15) is 9.90 Å². The fourth-order valence-electron chi connectivity index (χ4n) is 1.99. The Morgan fingerprint density at radius 2 is 2.11 bits per heavy atom. The normalized spacial score (nSPS) is 12.2. The van der Waals surface area contributed by atoms with Gasteiger partial charge >= 0.3 is 0 Å². The Bertz CT molecular complexity index is 430. The largest absolute Gasteiger partial charge is 0.505 e. The van der Waals surface area contributed by atoms with Crippen molar-refractivity contribution in [2.24, 2.45) is 11.7 Å². The van der Waals surface area contributed by atoms with Gasteiger partial charge in [-0.25, -0.2) is 0 Å². The van der Waals surface area contributed by atoms with Crippen LogP contribution in [0.25, 0.3) is 0 Å². The topological polar surface area (TPSA) is 75.4 Å². The number of aromatic hydroxyl groups is 1. The summed E-state index contributed by atoms with van der Waals surface area (Å²) in [4.78, 5) is 12.0. The Labute approximate surface area is 108 Å². The number of anilines is 1. The van der Waals surface area contributed by atoms with Crippen molar-refractivity contribution < 1.29 is 9.90 Å². The molecule has 0 saturated heterocycles. The van der Waals surface area contributed by atoms with Crippen LogP contribution >= 0.6 is 0 Å². The standard InChI is InChI=1S/C14H22N2O2/c1-4-5-11(8-15)14(18)16-12-7-9(2)6-10(3)13(12)17/h6-7,11,17H,4-5,8,15H2,1-3H3,(H,16,18). The molecule has 0 radical (unpaired) electrons. The molecule has 0 bridgehead atoms. The fraction of sp³-hybridized carbons (Fsp3) is 0.500. The molecule has 1 rings (SSSR count). The Hall–Kier alpha value is -1.55. The lowest BCUT2D eigenvalue weighted by Crippen LogP contribution is -2.29. The van der Waals surface area contributed by atoms with Gasteiger partial charge in [0.1, 0.15) is 5.75 Å². The Balaban J connectivity index is 2.87. The van der Waals surface area contributed by atoms with Gasteiger partial charge < -0.3 is 16.2 Å². The van der Waals surface area contributed by atoms with Gasteiger partial charge in [-0.15, -0.1) is 0 Å². The second kappa shape index (κ2) is 6.40. The number of carbonyl (C=O) groups excluding carboxylic acids is 1. The van der Waals surface area contributed by atoms with Crippen LogP contribution in [0.3, 0.4) is 0 Å². The van der Waals surface area contributed by atoms with Crippen molar-refractivity contribution in [3.05, 3.63) is 23.3 Å². The highest BCUT2D eigenvalue weighted by molar-refractivity contribution is 5.94. The zero-order chi connectivity index (χ0) is 13.7. The predicted molar refractivity (Wildman–Crippen MR) is 73.7 cm³/mol. The van der Waals surface area contributed by atoms with Gasteiger partial charge in [-0.1, -0.05) is 19.4 Å². The molecule has 0 aliphatic carbocycles. The summed E-state index contributed by atoms with van der Waals surface area (Å²) in [6, 6.07) is 3.64. The van der Waals surface area contributed by atoms with Crippen molar-refractivity contribution in [3.8, 4) is 5.75 Å². The summed E-state index contributed by atoms with van der Waals surface area (Å²) < 4.78 is 0. The van der Waals surface area contributed by atoms with Gasteiger partial charge in [0.05, 0.1) is 11.6 Å². The number of hydrogen-bond donors (Lipinski definition) is 3. The first kappa shape index (κ1) is 14.5. The minimum Gasteiger partial charge on any atom is -0.505 e. The maximum atomic E-state index is 12.0. The lowest BCUT2D eigenvalue weighted by molar-refractivity contribution is -0.119. The van der Waals surface area contributed by atoms with Crippen molar-refractivity contribution in [1.29, 1.82) is 0 Å². The van der Waals surface area contributed by atoms with Crippen LogP contribution in [0.2, 0.25) is 0 Å². The predicted octanol–water partition coefficient (Wildman–Crippen LogP) is 2.32. The van der Waals surface area contributed by atoms with Gasteiger partial charge in [0.25, 0.3) is 0 Å². The summed E-state index contributed by atoms with van der Waals surface area (Å²) in [5.74, 6) is -0.198. The highest BCUT2D eigenvalue weighted by Crippen LogP contribution is 2.29. The molecule has 4 nitrogen and oxygen atoms in total. The van der Waals surface area contributed by atoms with Crippen LogP contribution in [-0.4, -0.2) is 17.6 Å². The summed E-state index contributed by atoms with van der Waals surface area (Å²) in [6.07, 6.45) is 1.67. The van der Waals surface area contributed by atoms with E-state index in [0.29, 0.717) is 12.2 Å². The van der Waals surface area contributed by atoms with E-state index in [4.69, 9.17) is 5.73 Å². The molecule has 0 saturated carbocycles. The van der Waals surface area contributed by atoms with Crippen LogP contribution in [0.15, 0.2) is 12.1 Å². The van der Waals surface area contributed by atoms with E-state index < -0.39 is 0 Å². The molecule has 0 fully saturated rings.